The molecule has 1 aliphatic heterocycles. The normalized spacial score (nSPS) is 18.3. The summed E-state index contributed by atoms with van der Waals surface area (Å²) in [5.74, 6) is 0.0507. The molecular weight excluding hydrogens is 342 g/mol. The van der Waals surface area contributed by atoms with Crippen molar-refractivity contribution in [2.24, 2.45) is 0 Å². The number of nitrogens with one attached hydrogen (secondary N) is 1. The molecule has 0 radical (unpaired) electrons. The number of nitrogen functional groups attached to an aromatic ring is 1. The molecule has 0 saturated carbocycles. The van der Waals surface area contributed by atoms with Crippen LogP contribution in [0.25, 0.3) is 10.2 Å². The van der Waals surface area contributed by atoms with E-state index in [1.165, 1.54) is 17.7 Å². The van der Waals surface area contributed by atoms with Gasteiger partial charge in [-0.2, -0.15) is 0 Å². The molecule has 10 heteroatoms. The lowest BCUT2D eigenvalue weighted by molar-refractivity contribution is -0.0452. The second-order valence-corrected chi connectivity index (χ2v) is 6.59. The number of rotatable bonds is 3. The molecule has 1 amide bonds. The molecule has 0 aromatic carbocycles. The molecule has 1 atom stereocenters. The average Bonchev–Trinajstić information content (AvgIpc) is 3.07. The number of fused-ring (bicyclic) bond motifs is 1. The summed E-state index contributed by atoms with van der Waals surface area (Å²) in [5, 5.41) is 1.84. The molecule has 9 nitrogen and oxygen atoms in total. The van der Waals surface area contributed by atoms with Gasteiger partial charge in [-0.05, 0) is 6.07 Å². The third-order valence-electron chi connectivity index (χ3n) is 3.81. The number of morpholine rings is 1. The molecule has 3 N–H and O–H groups in total. The number of hydrogen-bond acceptors (Lipinski definition) is 9. The molecule has 0 spiro atoms. The van der Waals surface area contributed by atoms with Gasteiger partial charge < -0.3 is 10.5 Å². The fourth-order valence-corrected chi connectivity index (χ4v) is 3.44. The zero-order chi connectivity index (χ0) is 17.2. The van der Waals surface area contributed by atoms with Crippen LogP contribution in [-0.4, -0.2) is 50.5 Å². The van der Waals surface area contributed by atoms with Crippen LogP contribution < -0.4 is 11.2 Å². The van der Waals surface area contributed by atoms with Gasteiger partial charge >= 0.3 is 0 Å². The predicted molar refractivity (Wildman–Crippen MR) is 91.6 cm³/mol. The molecular formula is C15H15N7O2S. The lowest BCUT2D eigenvalue weighted by atomic mass is 10.2. The second-order valence-electron chi connectivity index (χ2n) is 5.50. The molecule has 1 saturated heterocycles. The molecule has 3 aromatic rings. The highest BCUT2D eigenvalue weighted by atomic mass is 32.1. The van der Waals surface area contributed by atoms with Crippen molar-refractivity contribution in [1.82, 2.24) is 30.4 Å². The van der Waals surface area contributed by atoms with Crippen LogP contribution in [0.5, 0.6) is 0 Å². The molecule has 25 heavy (non-hydrogen) atoms. The van der Waals surface area contributed by atoms with Crippen LogP contribution in [0.2, 0.25) is 0 Å². The topological polar surface area (TPSA) is 119 Å². The number of carbonyl (C=O) groups is 1. The van der Waals surface area contributed by atoms with Gasteiger partial charge in [-0.1, -0.05) is 0 Å². The molecule has 1 aliphatic rings. The van der Waals surface area contributed by atoms with E-state index in [0.717, 1.165) is 15.8 Å². The number of hydrazine groups is 1. The van der Waals surface area contributed by atoms with Crippen molar-refractivity contribution in [2.75, 3.05) is 25.4 Å². The van der Waals surface area contributed by atoms with Crippen molar-refractivity contribution in [1.29, 1.82) is 0 Å². The minimum absolute atomic E-state index is 0.169. The third kappa shape index (κ3) is 3.40. The highest BCUT2D eigenvalue weighted by Gasteiger charge is 2.24. The van der Waals surface area contributed by atoms with Crippen LogP contribution in [-0.2, 0) is 4.74 Å². The smallest absolute Gasteiger partial charge is 0.275 e. The largest absolute Gasteiger partial charge is 0.371 e. The molecule has 3 aromatic heterocycles. The van der Waals surface area contributed by atoms with Crippen molar-refractivity contribution in [2.45, 2.75) is 6.10 Å². The van der Waals surface area contributed by atoms with E-state index in [1.54, 1.807) is 24.7 Å². The first-order valence-electron chi connectivity index (χ1n) is 7.63. The minimum Gasteiger partial charge on any atom is -0.371 e. The maximum Gasteiger partial charge on any atom is 0.275 e. The Labute approximate surface area is 146 Å². The van der Waals surface area contributed by atoms with Gasteiger partial charge in [0.25, 0.3) is 5.91 Å². The van der Waals surface area contributed by atoms with Crippen LogP contribution in [0.3, 0.4) is 0 Å². The van der Waals surface area contributed by atoms with E-state index in [-0.39, 0.29) is 18.0 Å². The molecule has 128 valence electrons. The van der Waals surface area contributed by atoms with Crippen LogP contribution >= 0.6 is 11.3 Å². The van der Waals surface area contributed by atoms with Gasteiger partial charge in [0, 0.05) is 37.2 Å². The lowest BCUT2D eigenvalue weighted by Crippen LogP contribution is -2.49. The monoisotopic (exact) mass is 357 g/mol. The number of thiophene rings is 1. The number of nitrogens with zero attached hydrogens (tertiary/aromatic N) is 5. The van der Waals surface area contributed by atoms with E-state index in [2.05, 4.69) is 25.4 Å². The van der Waals surface area contributed by atoms with Crippen molar-refractivity contribution in [3.63, 3.8) is 0 Å². The molecule has 4 rings (SSSR count). The minimum atomic E-state index is -0.220. The van der Waals surface area contributed by atoms with Crippen molar-refractivity contribution >= 4 is 33.4 Å². The summed E-state index contributed by atoms with van der Waals surface area (Å²) >= 11 is 1.36. The summed E-state index contributed by atoms with van der Waals surface area (Å²) in [6.07, 6.45) is 6.24. The van der Waals surface area contributed by atoms with Gasteiger partial charge in [0.05, 0.1) is 21.7 Å². The number of amides is 1. The van der Waals surface area contributed by atoms with Crippen LogP contribution in [0.1, 0.15) is 21.3 Å². The Morgan fingerprint density at radius 3 is 2.96 bits per heavy atom. The van der Waals surface area contributed by atoms with E-state index in [9.17, 15) is 4.79 Å². The standard InChI is InChI=1S/C15H15N7O2S/c16-15-18-4-9(5-19-15)11-7-22(1-2-24-11)21-14(23)12-3-10-13(25-12)6-17-8-20-10/h3-6,8,11H,1-2,7H2,(H,21,23)(H2,16,18,19). The molecule has 0 bridgehead atoms. The molecule has 0 aliphatic carbocycles. The number of nitrogens with two attached hydrogens (primary N) is 1. The first-order chi connectivity index (χ1) is 12.2. The summed E-state index contributed by atoms with van der Waals surface area (Å²) in [4.78, 5) is 29.2. The Bertz CT molecular complexity index is 865. The number of ether oxygens (including phenoxy) is 1. The number of carbonyl (C=O) groups excluding carboxylic acids is 1. The molecule has 1 fully saturated rings. The zero-order valence-electron chi connectivity index (χ0n) is 13.1. The summed E-state index contributed by atoms with van der Waals surface area (Å²) in [6.45, 7) is 1.60. The highest BCUT2D eigenvalue weighted by Crippen LogP contribution is 2.24. The number of anilines is 1. The Morgan fingerprint density at radius 1 is 1.32 bits per heavy atom. The van der Waals surface area contributed by atoms with E-state index >= 15 is 0 Å². The molecule has 1 unspecified atom stereocenters. The van der Waals surface area contributed by atoms with Gasteiger partial charge in [-0.3, -0.25) is 10.2 Å². The molecule has 4 heterocycles. The Morgan fingerprint density at radius 2 is 2.16 bits per heavy atom. The van der Waals surface area contributed by atoms with E-state index < -0.39 is 0 Å². The Kier molecular flexibility index (Phi) is 4.22. The van der Waals surface area contributed by atoms with E-state index in [1.807, 2.05) is 5.01 Å². The second kappa shape index (κ2) is 6.67. The summed E-state index contributed by atoms with van der Waals surface area (Å²) < 4.78 is 6.62. The fraction of sp³-hybridized carbons (Fsp3) is 0.267. The Balaban J connectivity index is 1.44. The predicted octanol–water partition coefficient (Wildman–Crippen LogP) is 0.782. The summed E-state index contributed by atoms with van der Waals surface area (Å²) in [6, 6.07) is 1.77. The summed E-state index contributed by atoms with van der Waals surface area (Å²) in [5.41, 5.74) is 10.0. The maximum atomic E-state index is 12.5. The van der Waals surface area contributed by atoms with Crippen LogP contribution in [0, 0.1) is 0 Å². The van der Waals surface area contributed by atoms with Gasteiger partial charge in [0.1, 0.15) is 12.4 Å². The van der Waals surface area contributed by atoms with E-state index in [4.69, 9.17) is 10.5 Å². The van der Waals surface area contributed by atoms with Gasteiger partial charge in [-0.15, -0.1) is 11.3 Å². The Hall–Kier alpha value is -2.69. The first kappa shape index (κ1) is 15.8. The third-order valence-corrected chi connectivity index (χ3v) is 4.87. The fourth-order valence-electron chi connectivity index (χ4n) is 2.56. The number of aromatic nitrogens is 4. The van der Waals surface area contributed by atoms with Gasteiger partial charge in [0.15, 0.2) is 0 Å². The van der Waals surface area contributed by atoms with Gasteiger partial charge in [0.2, 0.25) is 5.95 Å². The van der Waals surface area contributed by atoms with Crippen molar-refractivity contribution in [3.05, 3.63) is 41.4 Å². The lowest BCUT2D eigenvalue weighted by Gasteiger charge is -2.32. The van der Waals surface area contributed by atoms with Crippen LogP contribution in [0.4, 0.5) is 5.95 Å². The zero-order valence-corrected chi connectivity index (χ0v) is 13.9. The number of hydrogen-bond donors (Lipinski definition) is 2. The summed E-state index contributed by atoms with van der Waals surface area (Å²) in [7, 11) is 0. The quantitative estimate of drug-likeness (QED) is 0.706. The maximum absolute atomic E-state index is 12.5. The van der Waals surface area contributed by atoms with E-state index in [0.29, 0.717) is 24.6 Å². The first-order valence-corrected chi connectivity index (χ1v) is 8.45. The van der Waals surface area contributed by atoms with Crippen molar-refractivity contribution < 1.29 is 9.53 Å². The highest BCUT2D eigenvalue weighted by molar-refractivity contribution is 7.20. The van der Waals surface area contributed by atoms with Crippen molar-refractivity contribution in [3.8, 4) is 0 Å². The SMILES string of the molecule is Nc1ncc(C2CN(NC(=O)c3cc4ncncc4s3)CCO2)cn1. The van der Waals surface area contributed by atoms with Gasteiger partial charge in [-0.25, -0.2) is 24.9 Å². The van der Waals surface area contributed by atoms with Crippen LogP contribution in [0.15, 0.2) is 31.0 Å². The average molecular weight is 357 g/mol.